The van der Waals surface area contributed by atoms with E-state index >= 15 is 0 Å². The zero-order valence-electron chi connectivity index (χ0n) is 15.1. The van der Waals surface area contributed by atoms with E-state index in [9.17, 15) is 9.18 Å². The van der Waals surface area contributed by atoms with E-state index in [-0.39, 0.29) is 17.4 Å². The number of halogens is 1. The highest BCUT2D eigenvalue weighted by Gasteiger charge is 2.46. The summed E-state index contributed by atoms with van der Waals surface area (Å²) in [5.41, 5.74) is 0.586. The van der Waals surface area contributed by atoms with Crippen LogP contribution in [0.4, 0.5) is 4.39 Å². The number of thiophene rings is 1. The van der Waals surface area contributed by atoms with Gasteiger partial charge in [0.2, 0.25) is 5.88 Å². The van der Waals surface area contributed by atoms with Crippen molar-refractivity contribution in [2.24, 2.45) is 5.92 Å². The van der Waals surface area contributed by atoms with Gasteiger partial charge < -0.3 is 14.4 Å². The summed E-state index contributed by atoms with van der Waals surface area (Å²) in [5.74, 6) is 0.0917. The minimum atomic E-state index is -0.435. The quantitative estimate of drug-likeness (QED) is 0.780. The predicted octanol–water partition coefficient (Wildman–Crippen LogP) is 3.76. The molecular formula is C20H23FN2O3S. The SMILES string of the molecule is O=C(c1ccsc1)N1CCC2(CC1)OCCC2CCOc1ncccc1F. The highest BCUT2D eigenvalue weighted by Crippen LogP contribution is 2.42. The maximum Gasteiger partial charge on any atom is 0.254 e. The number of likely N-dealkylation sites (tertiary alicyclic amines) is 1. The first-order valence-electron chi connectivity index (χ1n) is 9.37. The van der Waals surface area contributed by atoms with Crippen LogP contribution in [0.5, 0.6) is 5.88 Å². The molecule has 4 rings (SSSR count). The van der Waals surface area contributed by atoms with Crippen molar-refractivity contribution in [2.75, 3.05) is 26.3 Å². The van der Waals surface area contributed by atoms with Gasteiger partial charge in [-0.3, -0.25) is 4.79 Å². The van der Waals surface area contributed by atoms with E-state index in [1.165, 1.54) is 12.3 Å². The van der Waals surface area contributed by atoms with Crippen LogP contribution >= 0.6 is 11.3 Å². The second-order valence-corrected chi connectivity index (χ2v) is 7.91. The summed E-state index contributed by atoms with van der Waals surface area (Å²) >= 11 is 1.54. The molecule has 0 aliphatic carbocycles. The molecule has 2 aromatic heterocycles. The molecule has 0 bridgehead atoms. The van der Waals surface area contributed by atoms with Gasteiger partial charge in [0.15, 0.2) is 5.82 Å². The number of hydrogen-bond acceptors (Lipinski definition) is 5. The third kappa shape index (κ3) is 3.84. The van der Waals surface area contributed by atoms with E-state index in [1.807, 2.05) is 21.7 Å². The Morgan fingerprint density at radius 3 is 3.00 bits per heavy atom. The Balaban J connectivity index is 1.32. The van der Waals surface area contributed by atoms with Gasteiger partial charge in [0.25, 0.3) is 5.91 Å². The molecule has 5 nitrogen and oxygen atoms in total. The summed E-state index contributed by atoms with van der Waals surface area (Å²) in [7, 11) is 0. The lowest BCUT2D eigenvalue weighted by Crippen LogP contribution is -2.49. The van der Waals surface area contributed by atoms with Crippen molar-refractivity contribution in [2.45, 2.75) is 31.3 Å². The second kappa shape index (κ2) is 7.94. The summed E-state index contributed by atoms with van der Waals surface area (Å²) in [6.07, 6.45) is 4.98. The molecule has 0 saturated carbocycles. The fourth-order valence-corrected chi connectivity index (χ4v) is 4.81. The first kappa shape index (κ1) is 18.4. The molecule has 0 radical (unpaired) electrons. The van der Waals surface area contributed by atoms with Crippen LogP contribution in [0.3, 0.4) is 0 Å². The van der Waals surface area contributed by atoms with Crippen LogP contribution < -0.4 is 4.74 Å². The van der Waals surface area contributed by atoms with E-state index in [2.05, 4.69) is 4.98 Å². The van der Waals surface area contributed by atoms with Crippen LogP contribution in [-0.4, -0.2) is 47.7 Å². The Morgan fingerprint density at radius 2 is 2.26 bits per heavy atom. The number of carbonyl (C=O) groups is 1. The summed E-state index contributed by atoms with van der Waals surface area (Å²) in [6, 6.07) is 4.77. The molecule has 2 fully saturated rings. The van der Waals surface area contributed by atoms with E-state index in [4.69, 9.17) is 9.47 Å². The third-order valence-electron chi connectivity index (χ3n) is 5.69. The number of ether oxygens (including phenoxy) is 2. The van der Waals surface area contributed by atoms with Crippen LogP contribution in [0.2, 0.25) is 0 Å². The normalized spacial score (nSPS) is 21.5. The van der Waals surface area contributed by atoms with Crippen molar-refractivity contribution in [3.05, 3.63) is 46.5 Å². The summed E-state index contributed by atoms with van der Waals surface area (Å²) in [6.45, 7) is 2.57. The Hall–Kier alpha value is -1.99. The molecule has 0 aromatic carbocycles. The lowest BCUT2D eigenvalue weighted by molar-refractivity contribution is -0.0649. The minimum Gasteiger partial charge on any atom is -0.476 e. The van der Waals surface area contributed by atoms with Crippen LogP contribution in [0, 0.1) is 11.7 Å². The largest absolute Gasteiger partial charge is 0.476 e. The van der Waals surface area contributed by atoms with Crippen molar-refractivity contribution in [1.29, 1.82) is 0 Å². The highest BCUT2D eigenvalue weighted by atomic mass is 32.1. The van der Waals surface area contributed by atoms with Gasteiger partial charge in [0.05, 0.1) is 17.8 Å². The lowest BCUT2D eigenvalue weighted by Gasteiger charge is -2.42. The van der Waals surface area contributed by atoms with Crippen molar-refractivity contribution in [1.82, 2.24) is 9.88 Å². The molecule has 1 unspecified atom stereocenters. The average molecular weight is 390 g/mol. The Morgan fingerprint density at radius 1 is 1.41 bits per heavy atom. The number of carbonyl (C=O) groups excluding carboxylic acids is 1. The van der Waals surface area contributed by atoms with Crippen LogP contribution in [-0.2, 0) is 4.74 Å². The third-order valence-corrected chi connectivity index (χ3v) is 6.38. The zero-order chi connectivity index (χ0) is 18.7. The van der Waals surface area contributed by atoms with Crippen molar-refractivity contribution in [3.63, 3.8) is 0 Å². The summed E-state index contributed by atoms with van der Waals surface area (Å²) < 4.78 is 25.3. The van der Waals surface area contributed by atoms with E-state index in [0.717, 1.165) is 37.9 Å². The van der Waals surface area contributed by atoms with Crippen molar-refractivity contribution in [3.8, 4) is 5.88 Å². The van der Waals surface area contributed by atoms with Gasteiger partial charge in [-0.15, -0.1) is 0 Å². The van der Waals surface area contributed by atoms with Gasteiger partial charge in [-0.05, 0) is 55.2 Å². The molecular weight excluding hydrogens is 367 g/mol. The molecule has 0 N–H and O–H groups in total. The topological polar surface area (TPSA) is 51.7 Å². The molecule has 1 spiro atoms. The van der Waals surface area contributed by atoms with Gasteiger partial charge in [0.1, 0.15) is 0 Å². The van der Waals surface area contributed by atoms with Gasteiger partial charge in [-0.2, -0.15) is 11.3 Å². The fourth-order valence-electron chi connectivity index (χ4n) is 4.18. The van der Waals surface area contributed by atoms with Gasteiger partial charge in [-0.1, -0.05) is 0 Å². The van der Waals surface area contributed by atoms with E-state index in [0.29, 0.717) is 25.6 Å². The maximum absolute atomic E-state index is 13.6. The molecule has 2 aliphatic rings. The second-order valence-electron chi connectivity index (χ2n) is 7.13. The number of piperidine rings is 1. The zero-order valence-corrected chi connectivity index (χ0v) is 15.9. The number of amides is 1. The predicted molar refractivity (Wildman–Crippen MR) is 101 cm³/mol. The summed E-state index contributed by atoms with van der Waals surface area (Å²) in [5, 5.41) is 3.83. The first-order chi connectivity index (χ1) is 13.2. The molecule has 27 heavy (non-hydrogen) atoms. The van der Waals surface area contributed by atoms with Crippen molar-refractivity contribution < 1.29 is 18.7 Å². The summed E-state index contributed by atoms with van der Waals surface area (Å²) in [4.78, 5) is 18.4. The standard InChI is InChI=1S/C20H23FN2O3S/c21-17-2-1-8-22-18(17)25-11-3-16-4-12-26-20(16)6-9-23(10-7-20)19(24)15-5-13-27-14-15/h1-2,5,8,13-14,16H,3-4,6-7,9-12H2. The molecule has 4 heterocycles. The number of nitrogens with zero attached hydrogens (tertiary/aromatic N) is 2. The minimum absolute atomic E-state index is 0.0571. The highest BCUT2D eigenvalue weighted by molar-refractivity contribution is 7.08. The van der Waals surface area contributed by atoms with Gasteiger partial charge in [-0.25, -0.2) is 9.37 Å². The molecule has 1 atom stereocenters. The number of aromatic nitrogens is 1. The number of hydrogen-bond donors (Lipinski definition) is 0. The fraction of sp³-hybridized carbons (Fsp3) is 0.500. The molecule has 2 aromatic rings. The van der Waals surface area contributed by atoms with Gasteiger partial charge >= 0.3 is 0 Å². The Bertz CT molecular complexity index is 775. The Labute approximate surface area is 162 Å². The number of rotatable bonds is 5. The molecule has 144 valence electrons. The average Bonchev–Trinajstić information content (AvgIpc) is 3.35. The maximum atomic E-state index is 13.6. The van der Waals surface area contributed by atoms with Crippen LogP contribution in [0.1, 0.15) is 36.0 Å². The molecule has 2 saturated heterocycles. The molecule has 7 heteroatoms. The van der Waals surface area contributed by atoms with E-state index < -0.39 is 5.82 Å². The molecule has 2 aliphatic heterocycles. The smallest absolute Gasteiger partial charge is 0.254 e. The van der Waals surface area contributed by atoms with Crippen molar-refractivity contribution >= 4 is 17.2 Å². The van der Waals surface area contributed by atoms with Crippen LogP contribution in [0.15, 0.2) is 35.2 Å². The van der Waals surface area contributed by atoms with Gasteiger partial charge in [0, 0.05) is 31.3 Å². The monoisotopic (exact) mass is 390 g/mol. The first-order valence-corrected chi connectivity index (χ1v) is 10.3. The Kier molecular flexibility index (Phi) is 5.41. The van der Waals surface area contributed by atoms with E-state index in [1.54, 1.807) is 17.4 Å². The number of pyridine rings is 1. The lowest BCUT2D eigenvalue weighted by atomic mass is 9.78. The van der Waals surface area contributed by atoms with Crippen LogP contribution in [0.25, 0.3) is 0 Å². The molecule has 1 amide bonds.